The number of hydrogen-bond acceptors (Lipinski definition) is 5. The Morgan fingerprint density at radius 1 is 1.47 bits per heavy atom. The molecule has 1 fully saturated rings. The van der Waals surface area contributed by atoms with Crippen molar-refractivity contribution in [1.29, 1.82) is 0 Å². The molecule has 1 aliphatic carbocycles. The average molecular weight is 282 g/mol. The summed E-state index contributed by atoms with van der Waals surface area (Å²) in [6.07, 6.45) is 6.23. The highest BCUT2D eigenvalue weighted by atomic mass is 32.1. The van der Waals surface area contributed by atoms with E-state index in [2.05, 4.69) is 17.2 Å². The van der Waals surface area contributed by atoms with Crippen molar-refractivity contribution in [2.45, 2.75) is 52.0 Å². The average Bonchev–Trinajstić information content (AvgIpc) is 2.88. The standard InChI is InChI=1S/C14H22N2O2S/c1-3-10-7-5-6-8-11(10)16-13-12(15-9-19-13)14(17)18-4-2/h9-11,16H,3-8H2,1-2H3. The second-order valence-corrected chi connectivity index (χ2v) is 5.81. The third kappa shape index (κ3) is 3.47. The molecule has 0 saturated heterocycles. The van der Waals surface area contributed by atoms with Gasteiger partial charge in [0, 0.05) is 6.04 Å². The Bertz CT molecular complexity index is 419. The summed E-state index contributed by atoms with van der Waals surface area (Å²) < 4.78 is 5.03. The third-order valence-electron chi connectivity index (χ3n) is 3.79. The first-order valence-electron chi connectivity index (χ1n) is 7.13. The molecular weight excluding hydrogens is 260 g/mol. The molecule has 1 aliphatic rings. The molecule has 0 spiro atoms. The van der Waals surface area contributed by atoms with Crippen LogP contribution in [0.25, 0.3) is 0 Å². The van der Waals surface area contributed by atoms with Gasteiger partial charge in [0.15, 0.2) is 5.69 Å². The first-order valence-corrected chi connectivity index (χ1v) is 8.01. The van der Waals surface area contributed by atoms with E-state index in [1.807, 2.05) is 6.92 Å². The zero-order valence-electron chi connectivity index (χ0n) is 11.6. The molecule has 4 nitrogen and oxygen atoms in total. The zero-order valence-corrected chi connectivity index (χ0v) is 12.5. The number of nitrogens with one attached hydrogen (secondary N) is 1. The van der Waals surface area contributed by atoms with E-state index in [4.69, 9.17) is 4.74 Å². The monoisotopic (exact) mass is 282 g/mol. The number of ether oxygens (including phenoxy) is 1. The number of thiazole rings is 1. The lowest BCUT2D eigenvalue weighted by Crippen LogP contribution is -2.32. The SMILES string of the molecule is CCOC(=O)c1ncsc1NC1CCCCC1CC. The predicted molar refractivity (Wildman–Crippen MR) is 77.7 cm³/mol. The van der Waals surface area contributed by atoms with Crippen molar-refractivity contribution in [1.82, 2.24) is 4.98 Å². The number of carbonyl (C=O) groups is 1. The quantitative estimate of drug-likeness (QED) is 0.837. The van der Waals surface area contributed by atoms with Crippen LogP contribution < -0.4 is 5.32 Å². The maximum absolute atomic E-state index is 11.8. The van der Waals surface area contributed by atoms with Crippen LogP contribution in [0.15, 0.2) is 5.51 Å². The molecule has 2 rings (SSSR count). The van der Waals surface area contributed by atoms with Crippen molar-refractivity contribution < 1.29 is 9.53 Å². The molecule has 1 N–H and O–H groups in total. The highest BCUT2D eigenvalue weighted by molar-refractivity contribution is 7.14. The van der Waals surface area contributed by atoms with Crippen molar-refractivity contribution in [3.63, 3.8) is 0 Å². The third-order valence-corrected chi connectivity index (χ3v) is 4.54. The first kappa shape index (κ1) is 14.3. The molecule has 5 heteroatoms. The molecule has 1 aromatic heterocycles. The van der Waals surface area contributed by atoms with Gasteiger partial charge >= 0.3 is 5.97 Å². The lowest BCUT2D eigenvalue weighted by atomic mass is 9.83. The summed E-state index contributed by atoms with van der Waals surface area (Å²) in [5.41, 5.74) is 2.14. The molecule has 0 radical (unpaired) electrons. The predicted octanol–water partition coefficient (Wildman–Crippen LogP) is 3.70. The van der Waals surface area contributed by atoms with Gasteiger partial charge < -0.3 is 10.1 Å². The molecule has 1 saturated carbocycles. The van der Waals surface area contributed by atoms with Crippen LogP contribution in [0, 0.1) is 5.92 Å². The Hall–Kier alpha value is -1.10. The molecule has 2 unspecified atom stereocenters. The summed E-state index contributed by atoms with van der Waals surface area (Å²) in [5.74, 6) is 0.376. The smallest absolute Gasteiger partial charge is 0.360 e. The lowest BCUT2D eigenvalue weighted by Gasteiger charge is -2.31. The van der Waals surface area contributed by atoms with Crippen LogP contribution in [-0.2, 0) is 4.74 Å². The van der Waals surface area contributed by atoms with E-state index in [9.17, 15) is 4.79 Å². The highest BCUT2D eigenvalue weighted by Gasteiger charge is 2.26. The topological polar surface area (TPSA) is 51.2 Å². The van der Waals surface area contributed by atoms with Crippen molar-refractivity contribution in [3.05, 3.63) is 11.2 Å². The minimum atomic E-state index is -0.324. The minimum Gasteiger partial charge on any atom is -0.461 e. The minimum absolute atomic E-state index is 0.324. The fourth-order valence-electron chi connectivity index (χ4n) is 2.75. The molecule has 106 valence electrons. The molecule has 0 amide bonds. The zero-order chi connectivity index (χ0) is 13.7. The van der Waals surface area contributed by atoms with Gasteiger partial charge in [0.2, 0.25) is 0 Å². The summed E-state index contributed by atoms with van der Waals surface area (Å²) in [7, 11) is 0. The van der Waals surface area contributed by atoms with Gasteiger partial charge in [-0.1, -0.05) is 26.2 Å². The second kappa shape index (κ2) is 6.89. The van der Waals surface area contributed by atoms with E-state index in [1.165, 1.54) is 43.4 Å². The highest BCUT2D eigenvalue weighted by Crippen LogP contribution is 2.31. The fourth-order valence-corrected chi connectivity index (χ4v) is 3.48. The molecule has 1 heterocycles. The number of anilines is 1. The number of aromatic nitrogens is 1. The second-order valence-electron chi connectivity index (χ2n) is 4.95. The van der Waals surface area contributed by atoms with Gasteiger partial charge in [-0.05, 0) is 25.7 Å². The number of rotatable bonds is 5. The van der Waals surface area contributed by atoms with Gasteiger partial charge in [0.25, 0.3) is 0 Å². The van der Waals surface area contributed by atoms with Crippen LogP contribution in [0.4, 0.5) is 5.00 Å². The summed E-state index contributed by atoms with van der Waals surface area (Å²) in [6.45, 7) is 4.44. The van der Waals surface area contributed by atoms with E-state index in [0.717, 1.165) is 5.00 Å². The van der Waals surface area contributed by atoms with Crippen LogP contribution in [-0.4, -0.2) is 23.6 Å². The summed E-state index contributed by atoms with van der Waals surface area (Å²) in [5, 5.41) is 4.39. The van der Waals surface area contributed by atoms with Crippen LogP contribution >= 0.6 is 11.3 Å². The van der Waals surface area contributed by atoms with Crippen molar-refractivity contribution in [2.24, 2.45) is 5.92 Å². The molecule has 1 aromatic rings. The Balaban J connectivity index is 2.06. The maximum atomic E-state index is 11.8. The van der Waals surface area contributed by atoms with Crippen LogP contribution in [0.5, 0.6) is 0 Å². The molecule has 0 aromatic carbocycles. The number of esters is 1. The maximum Gasteiger partial charge on any atom is 0.360 e. The Morgan fingerprint density at radius 3 is 3.00 bits per heavy atom. The van der Waals surface area contributed by atoms with E-state index < -0.39 is 0 Å². The Morgan fingerprint density at radius 2 is 2.26 bits per heavy atom. The number of carbonyl (C=O) groups excluding carboxylic acids is 1. The van der Waals surface area contributed by atoms with E-state index >= 15 is 0 Å². The summed E-state index contributed by atoms with van der Waals surface area (Å²) in [4.78, 5) is 15.9. The van der Waals surface area contributed by atoms with Gasteiger partial charge in [0.1, 0.15) is 5.00 Å². The van der Waals surface area contributed by atoms with Gasteiger partial charge in [-0.2, -0.15) is 0 Å². The molecule has 0 aliphatic heterocycles. The van der Waals surface area contributed by atoms with Crippen LogP contribution in [0.1, 0.15) is 56.4 Å². The largest absolute Gasteiger partial charge is 0.461 e. The molecule has 2 atom stereocenters. The summed E-state index contributed by atoms with van der Waals surface area (Å²) in [6, 6.07) is 0.465. The molecule has 0 bridgehead atoms. The van der Waals surface area contributed by atoms with Crippen LogP contribution in [0.3, 0.4) is 0 Å². The van der Waals surface area contributed by atoms with E-state index in [0.29, 0.717) is 24.3 Å². The first-order chi connectivity index (χ1) is 9.26. The number of nitrogens with zero attached hydrogens (tertiary/aromatic N) is 1. The lowest BCUT2D eigenvalue weighted by molar-refractivity contribution is 0.0521. The van der Waals surface area contributed by atoms with Gasteiger partial charge in [-0.15, -0.1) is 11.3 Å². The van der Waals surface area contributed by atoms with Gasteiger partial charge in [-0.3, -0.25) is 0 Å². The fraction of sp³-hybridized carbons (Fsp3) is 0.714. The molecule has 19 heavy (non-hydrogen) atoms. The van der Waals surface area contributed by atoms with E-state index in [1.54, 1.807) is 5.51 Å². The number of hydrogen-bond donors (Lipinski definition) is 1. The molecular formula is C14H22N2O2S. The summed E-state index contributed by atoms with van der Waals surface area (Å²) >= 11 is 1.49. The van der Waals surface area contributed by atoms with Crippen molar-refractivity contribution >= 4 is 22.3 Å². The van der Waals surface area contributed by atoms with E-state index in [-0.39, 0.29) is 5.97 Å². The van der Waals surface area contributed by atoms with Crippen molar-refractivity contribution in [2.75, 3.05) is 11.9 Å². The van der Waals surface area contributed by atoms with Crippen molar-refractivity contribution in [3.8, 4) is 0 Å². The van der Waals surface area contributed by atoms with Gasteiger partial charge in [-0.25, -0.2) is 9.78 Å². The Kier molecular flexibility index (Phi) is 5.19. The normalized spacial score (nSPS) is 23.1. The van der Waals surface area contributed by atoms with Gasteiger partial charge in [0.05, 0.1) is 12.1 Å². The Labute approximate surface area is 118 Å². The van der Waals surface area contributed by atoms with Crippen LogP contribution in [0.2, 0.25) is 0 Å².